The van der Waals surface area contributed by atoms with Gasteiger partial charge in [0.25, 0.3) is 0 Å². The van der Waals surface area contributed by atoms with Crippen LogP contribution in [0.4, 0.5) is 8.78 Å². The maximum atomic E-state index is 14.1. The number of H-pyrrole nitrogens is 1. The number of hydrogen-bond acceptors (Lipinski definition) is 4. The van der Waals surface area contributed by atoms with E-state index in [1.165, 1.54) is 12.3 Å². The normalized spacial score (nSPS) is 15.4. The van der Waals surface area contributed by atoms with E-state index in [4.69, 9.17) is 0 Å². The third kappa shape index (κ3) is 7.60. The largest absolute Gasteiger partial charge is 0.345 e. The molecule has 8 nitrogen and oxygen atoms in total. The first-order valence-electron chi connectivity index (χ1n) is 12.5. The summed E-state index contributed by atoms with van der Waals surface area (Å²) in [5.74, 6) is -1.68. The van der Waals surface area contributed by atoms with Crippen LogP contribution in [0.3, 0.4) is 0 Å². The van der Waals surface area contributed by atoms with Crippen LogP contribution in [-0.2, 0) is 14.4 Å². The number of hydrogen-bond donors (Lipinski definition) is 3. The molecule has 1 saturated heterocycles. The molecule has 2 atom stereocenters. The zero-order valence-electron chi connectivity index (χ0n) is 21.1. The van der Waals surface area contributed by atoms with E-state index in [-0.39, 0.29) is 30.2 Å². The first-order valence-corrected chi connectivity index (χ1v) is 12.5. The summed E-state index contributed by atoms with van der Waals surface area (Å²) in [5.41, 5.74) is 0.485. The van der Waals surface area contributed by atoms with Gasteiger partial charge < -0.3 is 20.5 Å². The lowest BCUT2D eigenvalue weighted by molar-refractivity contribution is -0.137. The van der Waals surface area contributed by atoms with Crippen molar-refractivity contribution in [3.8, 4) is 11.3 Å². The van der Waals surface area contributed by atoms with E-state index in [9.17, 15) is 23.2 Å². The molecule has 1 aromatic heterocycles. The molecule has 3 rings (SSSR count). The predicted molar refractivity (Wildman–Crippen MR) is 132 cm³/mol. The van der Waals surface area contributed by atoms with Gasteiger partial charge in [-0.2, -0.15) is 0 Å². The minimum absolute atomic E-state index is 0.129. The molecule has 1 aliphatic heterocycles. The Balaban J connectivity index is 1.68. The Bertz CT molecular complexity index is 1070. The van der Waals surface area contributed by atoms with Crippen LogP contribution >= 0.6 is 0 Å². The van der Waals surface area contributed by atoms with Gasteiger partial charge in [-0.15, -0.1) is 0 Å². The summed E-state index contributed by atoms with van der Waals surface area (Å²) < 4.78 is 27.4. The topological polar surface area (TPSA) is 107 Å². The van der Waals surface area contributed by atoms with Crippen LogP contribution in [0.25, 0.3) is 11.3 Å². The second-order valence-electron chi connectivity index (χ2n) is 9.73. The number of benzene rings is 1. The molecule has 1 aromatic carbocycles. The molecule has 0 saturated carbocycles. The summed E-state index contributed by atoms with van der Waals surface area (Å²) in [6.45, 7) is 7.01. The highest BCUT2D eigenvalue weighted by Gasteiger charge is 2.28. The van der Waals surface area contributed by atoms with Gasteiger partial charge in [-0.05, 0) is 50.7 Å². The molecule has 2 unspecified atom stereocenters. The molecule has 10 heteroatoms. The summed E-state index contributed by atoms with van der Waals surface area (Å²) >= 11 is 0. The molecule has 0 aliphatic carbocycles. The minimum Gasteiger partial charge on any atom is -0.345 e. The highest BCUT2D eigenvalue weighted by atomic mass is 19.1. The van der Waals surface area contributed by atoms with Crippen molar-refractivity contribution in [1.82, 2.24) is 25.5 Å². The highest BCUT2D eigenvalue weighted by Crippen LogP contribution is 2.23. The van der Waals surface area contributed by atoms with Crippen molar-refractivity contribution < 1.29 is 23.2 Å². The lowest BCUT2D eigenvalue weighted by atomic mass is 10.1. The number of nitrogens with zero attached hydrogens (tertiary/aromatic N) is 2. The van der Waals surface area contributed by atoms with Gasteiger partial charge in [0.2, 0.25) is 17.7 Å². The number of carbonyl (C=O) groups is 3. The van der Waals surface area contributed by atoms with Crippen LogP contribution in [0.2, 0.25) is 0 Å². The van der Waals surface area contributed by atoms with Crippen molar-refractivity contribution in [3.05, 3.63) is 41.9 Å². The third-order valence-corrected chi connectivity index (χ3v) is 6.27. The molecule has 1 aliphatic rings. The van der Waals surface area contributed by atoms with Gasteiger partial charge in [-0.1, -0.05) is 13.8 Å². The van der Waals surface area contributed by atoms with E-state index in [1.807, 2.05) is 13.8 Å². The van der Waals surface area contributed by atoms with Crippen molar-refractivity contribution in [3.63, 3.8) is 0 Å². The first kappa shape index (κ1) is 27.3. The Morgan fingerprint density at radius 2 is 1.81 bits per heavy atom. The van der Waals surface area contributed by atoms with Crippen molar-refractivity contribution in [2.75, 3.05) is 13.1 Å². The van der Waals surface area contributed by atoms with Crippen LogP contribution in [-0.4, -0.2) is 51.7 Å². The molecule has 2 aromatic rings. The zero-order valence-corrected chi connectivity index (χ0v) is 21.1. The minimum atomic E-state index is -1.02. The fraction of sp³-hybridized carbons (Fsp3) is 0.538. The molecule has 3 N–H and O–H groups in total. The average Bonchev–Trinajstić information content (AvgIpc) is 3.33. The van der Waals surface area contributed by atoms with E-state index >= 15 is 0 Å². The number of aromatic nitrogens is 2. The Labute approximate surface area is 210 Å². The van der Waals surface area contributed by atoms with Crippen molar-refractivity contribution in [1.29, 1.82) is 0 Å². The smallest absolute Gasteiger partial charge is 0.243 e. The van der Waals surface area contributed by atoms with Gasteiger partial charge in [0, 0.05) is 31.1 Å². The van der Waals surface area contributed by atoms with E-state index in [2.05, 4.69) is 20.6 Å². The Kier molecular flexibility index (Phi) is 9.55. The number of halogens is 2. The van der Waals surface area contributed by atoms with Crippen molar-refractivity contribution >= 4 is 17.7 Å². The quantitative estimate of drug-likeness (QED) is 0.458. The highest BCUT2D eigenvalue weighted by molar-refractivity contribution is 5.92. The maximum Gasteiger partial charge on any atom is 0.243 e. The van der Waals surface area contributed by atoms with Crippen LogP contribution in [0.1, 0.15) is 71.2 Å². The second kappa shape index (κ2) is 12.6. The molecular formula is C26H35F2N5O3. The van der Waals surface area contributed by atoms with Crippen molar-refractivity contribution in [2.24, 2.45) is 5.92 Å². The molecule has 2 heterocycles. The number of nitrogens with one attached hydrogen (secondary N) is 3. The van der Waals surface area contributed by atoms with E-state index < -0.39 is 29.6 Å². The van der Waals surface area contributed by atoms with Gasteiger partial charge in [0.05, 0.1) is 24.4 Å². The van der Waals surface area contributed by atoms with Crippen LogP contribution in [0, 0.1) is 17.6 Å². The van der Waals surface area contributed by atoms with E-state index in [1.54, 1.807) is 11.8 Å². The Hall–Kier alpha value is -3.30. The third-order valence-electron chi connectivity index (χ3n) is 6.27. The molecule has 196 valence electrons. The average molecular weight is 504 g/mol. The lowest BCUT2D eigenvalue weighted by Crippen LogP contribution is -2.50. The molecule has 0 spiro atoms. The summed E-state index contributed by atoms with van der Waals surface area (Å²) in [7, 11) is 0. The Morgan fingerprint density at radius 1 is 1.08 bits per heavy atom. The van der Waals surface area contributed by atoms with Crippen LogP contribution in [0.5, 0.6) is 0 Å². The number of imidazole rings is 1. The zero-order chi connectivity index (χ0) is 26.2. The standard InChI is InChI=1S/C26H35F2N5O3/c1-16(2)7-10-23(34)31-21(14-24(35)33-11-5-4-6-12-33)26(36)30-17(3)25-29-15-22(32-25)19-9-8-18(27)13-20(19)28/h8-9,13,15-17,21H,4-7,10-12,14H2,1-3H3,(H,29,32)(H,30,36)(H,31,34). The van der Waals surface area contributed by atoms with Crippen LogP contribution in [0.15, 0.2) is 24.4 Å². The second-order valence-corrected chi connectivity index (χ2v) is 9.73. The number of piperidine rings is 1. The number of carbonyl (C=O) groups excluding carboxylic acids is 3. The summed E-state index contributed by atoms with van der Waals surface area (Å²) in [4.78, 5) is 47.4. The summed E-state index contributed by atoms with van der Waals surface area (Å²) in [6, 6.07) is 1.60. The number of rotatable bonds is 10. The first-order chi connectivity index (χ1) is 17.1. The van der Waals surface area contributed by atoms with Gasteiger partial charge in [-0.25, -0.2) is 13.8 Å². The number of likely N-dealkylation sites (tertiary alicyclic amines) is 1. The van der Waals surface area contributed by atoms with Crippen LogP contribution < -0.4 is 10.6 Å². The van der Waals surface area contributed by atoms with Gasteiger partial charge in [-0.3, -0.25) is 14.4 Å². The molecule has 36 heavy (non-hydrogen) atoms. The summed E-state index contributed by atoms with van der Waals surface area (Å²) in [5, 5.41) is 5.52. The Morgan fingerprint density at radius 3 is 2.47 bits per heavy atom. The molecule has 1 fully saturated rings. The predicted octanol–water partition coefficient (Wildman–Crippen LogP) is 3.86. The summed E-state index contributed by atoms with van der Waals surface area (Å²) in [6.07, 6.45) is 5.14. The van der Waals surface area contributed by atoms with E-state index in [0.29, 0.717) is 36.9 Å². The van der Waals surface area contributed by atoms with Gasteiger partial charge >= 0.3 is 0 Å². The fourth-order valence-electron chi connectivity index (χ4n) is 4.13. The van der Waals surface area contributed by atoms with E-state index in [0.717, 1.165) is 31.4 Å². The number of amides is 3. The molecule has 3 amide bonds. The molecule has 0 bridgehead atoms. The SMILES string of the molecule is CC(C)CCC(=O)NC(CC(=O)N1CCCCC1)C(=O)NC(C)c1ncc(-c2ccc(F)cc2F)[nH]1. The van der Waals surface area contributed by atoms with Crippen molar-refractivity contribution in [2.45, 2.75) is 71.4 Å². The lowest BCUT2D eigenvalue weighted by Gasteiger charge is -2.29. The molecular weight excluding hydrogens is 468 g/mol. The number of aromatic amines is 1. The fourth-order valence-corrected chi connectivity index (χ4v) is 4.13. The maximum absolute atomic E-state index is 14.1. The monoisotopic (exact) mass is 503 g/mol. The molecule has 0 radical (unpaired) electrons. The van der Waals surface area contributed by atoms with Gasteiger partial charge in [0.15, 0.2) is 0 Å². The van der Waals surface area contributed by atoms with Gasteiger partial charge in [0.1, 0.15) is 23.5 Å².